The van der Waals surface area contributed by atoms with Crippen LogP contribution < -0.4 is 5.32 Å². The zero-order valence-corrected chi connectivity index (χ0v) is 14.1. The van der Waals surface area contributed by atoms with Gasteiger partial charge in [-0.25, -0.2) is 0 Å². The van der Waals surface area contributed by atoms with Gasteiger partial charge in [-0.2, -0.15) is 0 Å². The Morgan fingerprint density at radius 1 is 1.24 bits per heavy atom. The van der Waals surface area contributed by atoms with Gasteiger partial charge in [-0.1, -0.05) is 42.1 Å². The van der Waals surface area contributed by atoms with Gasteiger partial charge in [0.2, 0.25) is 5.91 Å². The van der Waals surface area contributed by atoms with E-state index in [2.05, 4.69) is 5.32 Å². The van der Waals surface area contributed by atoms with Gasteiger partial charge in [0.1, 0.15) is 0 Å². The van der Waals surface area contributed by atoms with Crippen molar-refractivity contribution in [2.45, 2.75) is 31.4 Å². The molecule has 1 aliphatic carbocycles. The second-order valence-corrected chi connectivity index (χ2v) is 7.65. The summed E-state index contributed by atoms with van der Waals surface area (Å²) in [5, 5.41) is 3.94. The highest BCUT2D eigenvalue weighted by Crippen LogP contribution is 2.26. The number of carbonyl (C=O) groups excluding carboxylic acids is 1. The molecule has 21 heavy (non-hydrogen) atoms. The van der Waals surface area contributed by atoms with Gasteiger partial charge in [0.15, 0.2) is 0 Å². The van der Waals surface area contributed by atoms with E-state index in [1.807, 2.05) is 0 Å². The summed E-state index contributed by atoms with van der Waals surface area (Å²) in [6.45, 7) is 0.435. The highest BCUT2D eigenvalue weighted by Gasteiger charge is 2.22. The summed E-state index contributed by atoms with van der Waals surface area (Å²) >= 11 is 12.1. The van der Waals surface area contributed by atoms with Gasteiger partial charge in [-0.3, -0.25) is 9.00 Å². The molecule has 0 radical (unpaired) electrons. The molecule has 0 saturated heterocycles. The topological polar surface area (TPSA) is 46.2 Å². The molecule has 1 amide bonds. The van der Waals surface area contributed by atoms with E-state index in [0.717, 1.165) is 25.7 Å². The summed E-state index contributed by atoms with van der Waals surface area (Å²) in [5.41, 5.74) is 0.710. The maximum atomic E-state index is 12.1. The average molecular weight is 348 g/mol. The summed E-state index contributed by atoms with van der Waals surface area (Å²) in [7, 11) is -1.09. The Balaban J connectivity index is 1.76. The number of benzene rings is 1. The molecule has 1 aromatic rings. The van der Waals surface area contributed by atoms with Crippen LogP contribution in [0.5, 0.6) is 0 Å². The fourth-order valence-electron chi connectivity index (χ4n) is 2.52. The van der Waals surface area contributed by atoms with Crippen LogP contribution in [0.25, 0.3) is 0 Å². The van der Waals surface area contributed by atoms with Crippen LogP contribution >= 0.6 is 23.2 Å². The Morgan fingerprint density at radius 2 is 1.86 bits per heavy atom. The van der Waals surface area contributed by atoms with Crippen LogP contribution in [0.4, 0.5) is 0 Å². The lowest BCUT2D eigenvalue weighted by Gasteiger charge is -2.11. The van der Waals surface area contributed by atoms with Crippen LogP contribution in [-0.2, 0) is 21.3 Å². The quantitative estimate of drug-likeness (QED) is 0.855. The smallest absolute Gasteiger partial charge is 0.223 e. The molecule has 0 aromatic heterocycles. The number of amides is 1. The molecule has 1 N–H and O–H groups in total. The molecule has 1 atom stereocenters. The first-order chi connectivity index (χ1) is 10.1. The van der Waals surface area contributed by atoms with Crippen LogP contribution in [0.2, 0.25) is 10.0 Å². The van der Waals surface area contributed by atoms with Crippen molar-refractivity contribution in [1.29, 1.82) is 0 Å². The number of hydrogen-bond acceptors (Lipinski definition) is 2. The van der Waals surface area contributed by atoms with E-state index in [0.29, 0.717) is 33.7 Å². The van der Waals surface area contributed by atoms with E-state index < -0.39 is 10.8 Å². The van der Waals surface area contributed by atoms with Crippen LogP contribution in [0.15, 0.2) is 18.2 Å². The number of hydrogen-bond donors (Lipinski definition) is 1. The van der Waals surface area contributed by atoms with E-state index in [-0.39, 0.29) is 11.8 Å². The van der Waals surface area contributed by atoms with E-state index in [4.69, 9.17) is 23.2 Å². The second kappa shape index (κ2) is 8.16. The molecule has 6 heteroatoms. The largest absolute Gasteiger partial charge is 0.355 e. The summed E-state index contributed by atoms with van der Waals surface area (Å²) in [4.78, 5) is 11.8. The Kier molecular flexibility index (Phi) is 6.52. The van der Waals surface area contributed by atoms with E-state index >= 15 is 0 Å². The molecule has 0 aliphatic heterocycles. The van der Waals surface area contributed by atoms with Gasteiger partial charge in [0.05, 0.1) is 5.75 Å². The van der Waals surface area contributed by atoms with Crippen molar-refractivity contribution in [2.24, 2.45) is 5.92 Å². The molecule has 1 fully saturated rings. The van der Waals surface area contributed by atoms with Crippen LogP contribution in [0.1, 0.15) is 31.2 Å². The normalized spacial score (nSPS) is 16.9. The Hall–Kier alpha value is -0.580. The maximum absolute atomic E-state index is 12.1. The van der Waals surface area contributed by atoms with Gasteiger partial charge < -0.3 is 5.32 Å². The number of nitrogens with one attached hydrogen (secondary N) is 1. The third kappa shape index (κ3) is 4.97. The molecule has 1 aliphatic rings. The lowest BCUT2D eigenvalue weighted by Crippen LogP contribution is -2.32. The average Bonchev–Trinajstić information content (AvgIpc) is 2.97. The first-order valence-corrected chi connectivity index (χ1v) is 9.38. The molecule has 1 saturated carbocycles. The molecule has 116 valence electrons. The molecule has 3 nitrogen and oxygen atoms in total. The third-order valence-corrected chi connectivity index (χ3v) is 5.70. The predicted molar refractivity (Wildman–Crippen MR) is 88.1 cm³/mol. The Bertz CT molecular complexity index is 510. The summed E-state index contributed by atoms with van der Waals surface area (Å²) in [5.74, 6) is 0.981. The summed E-state index contributed by atoms with van der Waals surface area (Å²) < 4.78 is 12.1. The lowest BCUT2D eigenvalue weighted by molar-refractivity contribution is -0.124. The van der Waals surface area contributed by atoms with Crippen molar-refractivity contribution >= 4 is 39.9 Å². The monoisotopic (exact) mass is 347 g/mol. The first kappa shape index (κ1) is 16.8. The zero-order valence-electron chi connectivity index (χ0n) is 11.7. The van der Waals surface area contributed by atoms with E-state index in [1.54, 1.807) is 18.2 Å². The van der Waals surface area contributed by atoms with Gasteiger partial charge in [-0.15, -0.1) is 0 Å². The number of carbonyl (C=O) groups is 1. The van der Waals surface area contributed by atoms with Gasteiger partial charge in [0, 0.05) is 44.6 Å². The van der Waals surface area contributed by atoms with Gasteiger partial charge in [0.25, 0.3) is 0 Å². The maximum Gasteiger partial charge on any atom is 0.223 e. The highest BCUT2D eigenvalue weighted by molar-refractivity contribution is 7.84. The minimum atomic E-state index is -1.09. The minimum absolute atomic E-state index is 0.0975. The lowest BCUT2D eigenvalue weighted by atomic mass is 10.1. The molecule has 0 bridgehead atoms. The van der Waals surface area contributed by atoms with Crippen molar-refractivity contribution in [3.63, 3.8) is 0 Å². The number of halogens is 2. The summed E-state index contributed by atoms with van der Waals surface area (Å²) in [6, 6.07) is 5.24. The molecular formula is C15H19Cl2NO2S. The fraction of sp³-hybridized carbons (Fsp3) is 0.533. The van der Waals surface area contributed by atoms with Crippen LogP contribution in [-0.4, -0.2) is 22.4 Å². The molecule has 2 rings (SSSR count). The molecule has 0 spiro atoms. The van der Waals surface area contributed by atoms with Crippen molar-refractivity contribution in [3.05, 3.63) is 33.8 Å². The van der Waals surface area contributed by atoms with E-state index in [9.17, 15) is 9.00 Å². The zero-order chi connectivity index (χ0) is 15.2. The predicted octanol–water partition coefficient (Wildman–Crippen LogP) is 3.55. The third-order valence-electron chi connectivity index (χ3n) is 3.72. The minimum Gasteiger partial charge on any atom is -0.355 e. The molecule has 0 heterocycles. The molecular weight excluding hydrogens is 329 g/mol. The van der Waals surface area contributed by atoms with Crippen molar-refractivity contribution in [1.82, 2.24) is 5.32 Å². The van der Waals surface area contributed by atoms with E-state index in [1.165, 1.54) is 0 Å². The second-order valence-electron chi connectivity index (χ2n) is 5.26. The van der Waals surface area contributed by atoms with Crippen LogP contribution in [0, 0.1) is 5.92 Å². The van der Waals surface area contributed by atoms with Crippen molar-refractivity contribution < 1.29 is 9.00 Å². The van der Waals surface area contributed by atoms with Crippen LogP contribution in [0.3, 0.4) is 0 Å². The molecule has 0 unspecified atom stereocenters. The highest BCUT2D eigenvalue weighted by atomic mass is 35.5. The van der Waals surface area contributed by atoms with Crippen molar-refractivity contribution in [3.8, 4) is 0 Å². The summed E-state index contributed by atoms with van der Waals surface area (Å²) in [6.07, 6.45) is 4.22. The Morgan fingerprint density at radius 3 is 2.48 bits per heavy atom. The van der Waals surface area contributed by atoms with Crippen molar-refractivity contribution in [2.75, 3.05) is 12.3 Å². The first-order valence-electron chi connectivity index (χ1n) is 7.13. The SMILES string of the molecule is O=C(NCC[S@@](=O)Cc1c(Cl)cccc1Cl)C1CCCC1. The fourth-order valence-corrected chi connectivity index (χ4v) is 4.32. The Labute approximate surface area is 137 Å². The van der Waals surface area contributed by atoms with Gasteiger partial charge in [-0.05, 0) is 25.0 Å². The molecule has 1 aromatic carbocycles. The van der Waals surface area contributed by atoms with Gasteiger partial charge >= 0.3 is 0 Å². The number of rotatable bonds is 6. The standard InChI is InChI=1S/C15H19Cl2NO2S/c16-13-6-3-7-14(17)12(13)10-21(20)9-8-18-15(19)11-4-1-2-5-11/h3,6-7,11H,1-2,4-5,8-10H2,(H,18,19)/t21-/m1/s1.